The van der Waals surface area contributed by atoms with Crippen molar-refractivity contribution in [1.29, 1.82) is 0 Å². The van der Waals surface area contributed by atoms with Crippen LogP contribution in [0.4, 0.5) is 5.82 Å². The van der Waals surface area contributed by atoms with Crippen molar-refractivity contribution in [2.24, 2.45) is 11.7 Å². The number of anilines is 1. The van der Waals surface area contributed by atoms with Crippen molar-refractivity contribution >= 4 is 56.4 Å². The Labute approximate surface area is 196 Å². The third-order valence-corrected chi connectivity index (χ3v) is 8.52. The zero-order valence-electron chi connectivity index (χ0n) is 16.8. The number of nitrogens with zero attached hydrogens (tertiary/aromatic N) is 3. The molecule has 0 spiro atoms. The number of halogens is 1. The van der Waals surface area contributed by atoms with Gasteiger partial charge in [-0.2, -0.15) is 11.8 Å². The Morgan fingerprint density at radius 3 is 2.77 bits per heavy atom. The summed E-state index contributed by atoms with van der Waals surface area (Å²) in [6, 6.07) is 4.00. The number of thioether (sulfide) groups is 1. The van der Waals surface area contributed by atoms with Gasteiger partial charge in [-0.25, -0.2) is 15.0 Å². The van der Waals surface area contributed by atoms with E-state index in [-0.39, 0.29) is 12.8 Å². The molecular weight excluding hydrogens is 500 g/mol. The number of aromatic amines is 1. The number of aromatic nitrogens is 4. The highest BCUT2D eigenvalue weighted by atomic mass is 79.9. The van der Waals surface area contributed by atoms with Gasteiger partial charge >= 0.3 is 0 Å². The number of ether oxygens (including phenoxy) is 2. The van der Waals surface area contributed by atoms with E-state index in [1.54, 1.807) is 0 Å². The molecule has 11 heteroatoms. The molecule has 0 bridgehead atoms. The van der Waals surface area contributed by atoms with E-state index in [1.165, 1.54) is 36.1 Å². The summed E-state index contributed by atoms with van der Waals surface area (Å²) in [5, 5.41) is 0.684. The lowest BCUT2D eigenvalue weighted by molar-refractivity contribution is 0.174. The van der Waals surface area contributed by atoms with E-state index in [4.69, 9.17) is 20.9 Å². The van der Waals surface area contributed by atoms with Crippen molar-refractivity contribution in [3.8, 4) is 11.5 Å². The highest BCUT2D eigenvalue weighted by Crippen LogP contribution is 2.42. The molecule has 1 fully saturated rings. The minimum absolute atomic E-state index is 0.176. The van der Waals surface area contributed by atoms with Crippen molar-refractivity contribution in [2.45, 2.75) is 41.8 Å². The second-order valence-corrected chi connectivity index (χ2v) is 10.8. The first-order valence-electron chi connectivity index (χ1n) is 10.2. The monoisotopic (exact) mass is 522 g/mol. The van der Waals surface area contributed by atoms with Crippen LogP contribution in [-0.4, -0.2) is 44.3 Å². The maximum Gasteiger partial charge on any atom is 0.231 e. The van der Waals surface area contributed by atoms with Crippen LogP contribution in [0.2, 0.25) is 0 Å². The second kappa shape index (κ2) is 9.05. The van der Waals surface area contributed by atoms with Gasteiger partial charge in [0.2, 0.25) is 6.79 Å². The number of aryl methyl sites for hydroxylation is 1. The zero-order chi connectivity index (χ0) is 21.4. The van der Waals surface area contributed by atoms with Gasteiger partial charge in [0.15, 0.2) is 28.1 Å². The van der Waals surface area contributed by atoms with Crippen LogP contribution in [0.25, 0.3) is 11.2 Å². The molecule has 3 aromatic rings. The average molecular weight is 523 g/mol. The number of imidazole rings is 1. The van der Waals surface area contributed by atoms with E-state index in [9.17, 15) is 0 Å². The molecule has 5 N–H and O–H groups in total. The lowest BCUT2D eigenvalue weighted by atomic mass is 9.91. The third-order valence-electron chi connectivity index (χ3n) is 5.61. The van der Waals surface area contributed by atoms with Crippen LogP contribution in [0, 0.1) is 5.92 Å². The fourth-order valence-electron chi connectivity index (χ4n) is 3.86. The minimum atomic E-state index is 0.176. The van der Waals surface area contributed by atoms with Crippen LogP contribution in [-0.2, 0) is 6.42 Å². The summed E-state index contributed by atoms with van der Waals surface area (Å²) in [6.07, 6.45) is 3.96. The average Bonchev–Trinajstić information content (AvgIpc) is 3.39. The van der Waals surface area contributed by atoms with Crippen LogP contribution >= 0.6 is 39.5 Å². The zero-order valence-corrected chi connectivity index (χ0v) is 20.0. The Balaban J connectivity index is 1.31. The largest absolute Gasteiger partial charge is 0.454 e. The van der Waals surface area contributed by atoms with Crippen LogP contribution in [0.3, 0.4) is 0 Å². The predicted octanol–water partition coefficient (Wildman–Crippen LogP) is 3.98. The van der Waals surface area contributed by atoms with Crippen LogP contribution < -0.4 is 20.9 Å². The van der Waals surface area contributed by atoms with Crippen LogP contribution in [0.1, 0.15) is 25.1 Å². The summed E-state index contributed by atoms with van der Waals surface area (Å²) in [5.41, 5.74) is 13.9. The lowest BCUT2D eigenvalue weighted by Gasteiger charge is -2.27. The van der Waals surface area contributed by atoms with E-state index in [0.717, 1.165) is 27.3 Å². The number of fused-ring (bicyclic) bond motifs is 2. The maximum atomic E-state index is 6.45. The molecule has 31 heavy (non-hydrogen) atoms. The van der Waals surface area contributed by atoms with E-state index in [1.807, 2.05) is 23.9 Å². The van der Waals surface area contributed by atoms with Gasteiger partial charge in [-0.3, -0.25) is 0 Å². The quantitative estimate of drug-likeness (QED) is 0.440. The molecule has 4 heterocycles. The number of benzene rings is 1. The number of H-pyrrole nitrogens is 1. The molecular formula is C20H23BrN6O2S2. The Morgan fingerprint density at radius 2 is 1.97 bits per heavy atom. The molecule has 1 saturated heterocycles. The van der Waals surface area contributed by atoms with Gasteiger partial charge in [0.1, 0.15) is 11.3 Å². The number of hydrogen-bond donors (Lipinski definition) is 3. The predicted molar refractivity (Wildman–Crippen MR) is 127 cm³/mol. The van der Waals surface area contributed by atoms with Crippen molar-refractivity contribution in [2.75, 3.05) is 24.0 Å². The number of rotatable bonds is 6. The SMILES string of the molecule is Nc1nc(CCC(N)C2CCSCC2)nc2nc(Sc3cc4c(cc3Br)OCO4)[nH]c12. The molecule has 0 radical (unpaired) electrons. The summed E-state index contributed by atoms with van der Waals surface area (Å²) in [4.78, 5) is 17.9. The van der Waals surface area contributed by atoms with Gasteiger partial charge in [-0.05, 0) is 64.7 Å². The molecule has 2 aliphatic heterocycles. The summed E-state index contributed by atoms with van der Waals surface area (Å²) >= 11 is 7.06. The van der Waals surface area contributed by atoms with Gasteiger partial charge < -0.3 is 25.9 Å². The van der Waals surface area contributed by atoms with Crippen molar-refractivity contribution in [3.05, 3.63) is 22.4 Å². The summed E-state index contributed by atoms with van der Waals surface area (Å²) in [7, 11) is 0. The highest BCUT2D eigenvalue weighted by molar-refractivity contribution is 9.10. The first kappa shape index (κ1) is 21.2. The number of nitrogens with one attached hydrogen (secondary N) is 1. The lowest BCUT2D eigenvalue weighted by Crippen LogP contribution is -2.33. The molecule has 164 valence electrons. The normalized spacial score (nSPS) is 17.4. The van der Waals surface area contributed by atoms with E-state index in [2.05, 4.69) is 35.9 Å². The fourth-order valence-corrected chi connectivity index (χ4v) is 6.39. The molecule has 1 unspecified atom stereocenters. The number of nitrogen functional groups attached to an aromatic ring is 1. The van der Waals surface area contributed by atoms with Crippen LogP contribution in [0.15, 0.2) is 26.7 Å². The number of hydrogen-bond acceptors (Lipinski definition) is 9. The summed E-state index contributed by atoms with van der Waals surface area (Å²) in [5.74, 6) is 5.56. The topological polar surface area (TPSA) is 125 Å². The Hall–Kier alpha value is -1.69. The first-order valence-corrected chi connectivity index (χ1v) is 13.0. The Bertz CT molecular complexity index is 1100. The van der Waals surface area contributed by atoms with E-state index in [0.29, 0.717) is 40.3 Å². The number of nitrogens with two attached hydrogens (primary N) is 2. The molecule has 2 aliphatic rings. The molecule has 0 aliphatic carbocycles. The van der Waals surface area contributed by atoms with Crippen molar-refractivity contribution in [1.82, 2.24) is 19.9 Å². The summed E-state index contributed by atoms with van der Waals surface area (Å²) < 4.78 is 11.8. The molecule has 2 aromatic heterocycles. The third kappa shape index (κ3) is 4.59. The molecule has 1 aromatic carbocycles. The molecule has 5 rings (SSSR count). The van der Waals surface area contributed by atoms with Crippen LogP contribution in [0.5, 0.6) is 11.5 Å². The summed E-state index contributed by atoms with van der Waals surface area (Å²) in [6.45, 7) is 0.235. The second-order valence-electron chi connectivity index (χ2n) is 7.66. The van der Waals surface area contributed by atoms with Gasteiger partial charge in [0.25, 0.3) is 0 Å². The van der Waals surface area contributed by atoms with Gasteiger partial charge in [0, 0.05) is 21.8 Å². The molecule has 1 atom stereocenters. The van der Waals surface area contributed by atoms with Gasteiger partial charge in [-0.15, -0.1) is 0 Å². The fraction of sp³-hybridized carbons (Fsp3) is 0.450. The highest BCUT2D eigenvalue weighted by Gasteiger charge is 2.22. The minimum Gasteiger partial charge on any atom is -0.454 e. The van der Waals surface area contributed by atoms with Crippen molar-refractivity contribution < 1.29 is 9.47 Å². The van der Waals surface area contributed by atoms with Crippen molar-refractivity contribution in [3.63, 3.8) is 0 Å². The van der Waals surface area contributed by atoms with Gasteiger partial charge in [0.05, 0.1) is 0 Å². The molecule has 8 nitrogen and oxygen atoms in total. The Morgan fingerprint density at radius 1 is 1.19 bits per heavy atom. The standard InChI is InChI=1S/C20H23BrN6O2S2/c21-11-7-13-14(29-9-28-13)8-15(11)31-20-26-17-18(23)24-16(25-19(17)27-20)2-1-12(22)10-3-5-30-6-4-10/h7-8,10,12H,1-6,9,22H2,(H3,23,24,25,26,27). The Kier molecular flexibility index (Phi) is 6.18. The van der Waals surface area contributed by atoms with E-state index < -0.39 is 0 Å². The van der Waals surface area contributed by atoms with Gasteiger partial charge in [-0.1, -0.05) is 11.8 Å². The first-order chi connectivity index (χ1) is 15.1. The smallest absolute Gasteiger partial charge is 0.231 e. The molecule has 0 saturated carbocycles. The maximum absolute atomic E-state index is 6.45. The van der Waals surface area contributed by atoms with E-state index >= 15 is 0 Å². The molecule has 0 amide bonds.